The zero-order valence-corrected chi connectivity index (χ0v) is 8.98. The topological polar surface area (TPSA) is 20.5 Å². The Kier molecular flexibility index (Phi) is 3.26. The molecule has 0 unspecified atom stereocenters. The molecular formula is C9H13N3S. The van der Waals surface area contributed by atoms with E-state index in [0.717, 1.165) is 17.2 Å². The molecule has 1 heterocycles. The molecule has 0 fully saturated rings. The van der Waals surface area contributed by atoms with Crippen molar-refractivity contribution in [1.82, 2.24) is 4.98 Å². The summed E-state index contributed by atoms with van der Waals surface area (Å²) in [6.07, 6.45) is 0.834. The molecule has 0 N–H and O–H groups in total. The molecular weight excluding hydrogens is 182 g/mol. The number of thiazole rings is 1. The summed E-state index contributed by atoms with van der Waals surface area (Å²) in [5.41, 5.74) is 1.07. The first-order valence-corrected chi connectivity index (χ1v) is 4.93. The van der Waals surface area contributed by atoms with Crippen LogP contribution in [0.4, 0.5) is 5.13 Å². The number of hydrogen-bond acceptors (Lipinski definition) is 3. The van der Waals surface area contributed by atoms with E-state index < -0.39 is 0 Å². The Morgan fingerprint density at radius 3 is 2.69 bits per heavy atom. The van der Waals surface area contributed by atoms with Gasteiger partial charge in [0, 0.05) is 19.0 Å². The van der Waals surface area contributed by atoms with Crippen molar-refractivity contribution in [3.8, 4) is 0 Å². The lowest BCUT2D eigenvalue weighted by Gasteiger charge is -2.04. The Balaban J connectivity index is 2.79. The minimum absolute atomic E-state index is 0.565. The summed E-state index contributed by atoms with van der Waals surface area (Å²) in [6.45, 7) is 9.28. The largest absolute Gasteiger partial charge is 0.354 e. The van der Waals surface area contributed by atoms with Gasteiger partial charge >= 0.3 is 0 Å². The lowest BCUT2D eigenvalue weighted by Crippen LogP contribution is -2.07. The molecule has 0 aliphatic carbocycles. The van der Waals surface area contributed by atoms with Gasteiger partial charge in [0.05, 0.1) is 12.1 Å². The van der Waals surface area contributed by atoms with Crippen molar-refractivity contribution in [2.45, 2.75) is 13.3 Å². The third-order valence-electron chi connectivity index (χ3n) is 1.71. The van der Waals surface area contributed by atoms with Crippen LogP contribution in [0.1, 0.15) is 10.6 Å². The Labute approximate surface area is 82.8 Å². The number of aryl methyl sites for hydroxylation is 1. The molecule has 3 nitrogen and oxygen atoms in total. The Bertz CT molecular complexity index is 322. The first-order valence-electron chi connectivity index (χ1n) is 4.12. The smallest absolute Gasteiger partial charge is 0.219 e. The molecule has 0 bridgehead atoms. The van der Waals surface area contributed by atoms with Gasteiger partial charge in [-0.15, -0.1) is 11.3 Å². The van der Waals surface area contributed by atoms with Crippen LogP contribution in [0.5, 0.6) is 0 Å². The maximum Gasteiger partial charge on any atom is 0.219 e. The third kappa shape index (κ3) is 2.43. The summed E-state index contributed by atoms with van der Waals surface area (Å²) in [7, 11) is 3.97. The van der Waals surface area contributed by atoms with Crippen LogP contribution in [-0.2, 0) is 6.42 Å². The van der Waals surface area contributed by atoms with Crippen LogP contribution >= 0.6 is 11.3 Å². The molecule has 0 saturated heterocycles. The number of anilines is 1. The number of nitrogens with zero attached hydrogens (tertiary/aromatic N) is 3. The van der Waals surface area contributed by atoms with E-state index in [9.17, 15) is 0 Å². The third-order valence-corrected chi connectivity index (χ3v) is 3.10. The second-order valence-corrected chi connectivity index (χ2v) is 4.09. The molecule has 0 atom stereocenters. The van der Waals surface area contributed by atoms with Crippen molar-refractivity contribution in [2.24, 2.45) is 0 Å². The summed E-state index contributed by atoms with van der Waals surface area (Å²) in [5, 5.41) is 1.03. The number of rotatable bonds is 3. The lowest BCUT2D eigenvalue weighted by atomic mass is 10.3. The van der Waals surface area contributed by atoms with Gasteiger partial charge in [0.15, 0.2) is 5.13 Å². The van der Waals surface area contributed by atoms with Gasteiger partial charge in [-0.3, -0.25) is 0 Å². The van der Waals surface area contributed by atoms with Gasteiger partial charge in [-0.1, -0.05) is 0 Å². The van der Waals surface area contributed by atoms with Crippen LogP contribution in [0.2, 0.25) is 0 Å². The maximum absolute atomic E-state index is 6.71. The van der Waals surface area contributed by atoms with Crippen molar-refractivity contribution in [1.29, 1.82) is 0 Å². The highest BCUT2D eigenvalue weighted by Gasteiger charge is 2.09. The summed E-state index contributed by atoms with van der Waals surface area (Å²) in [5.74, 6) is 0. The van der Waals surface area contributed by atoms with Gasteiger partial charge in [-0.25, -0.2) is 11.6 Å². The zero-order chi connectivity index (χ0) is 9.84. The fourth-order valence-electron chi connectivity index (χ4n) is 0.993. The van der Waals surface area contributed by atoms with E-state index in [1.807, 2.05) is 25.9 Å². The van der Waals surface area contributed by atoms with Gasteiger partial charge in [0.2, 0.25) is 6.54 Å². The predicted molar refractivity (Wildman–Crippen MR) is 56.4 cm³/mol. The molecule has 70 valence electrons. The van der Waals surface area contributed by atoms with Crippen LogP contribution in [0.15, 0.2) is 0 Å². The van der Waals surface area contributed by atoms with E-state index in [2.05, 4.69) is 9.83 Å². The lowest BCUT2D eigenvalue weighted by molar-refractivity contribution is 1.05. The van der Waals surface area contributed by atoms with E-state index in [1.165, 1.54) is 4.88 Å². The van der Waals surface area contributed by atoms with Crippen LogP contribution in [0.25, 0.3) is 4.85 Å². The minimum atomic E-state index is 0.565. The van der Waals surface area contributed by atoms with Gasteiger partial charge in [0.25, 0.3) is 0 Å². The average Bonchev–Trinajstić information content (AvgIpc) is 2.44. The highest BCUT2D eigenvalue weighted by atomic mass is 32.1. The van der Waals surface area contributed by atoms with Crippen LogP contribution < -0.4 is 4.90 Å². The number of hydrogen-bond donors (Lipinski definition) is 0. The van der Waals surface area contributed by atoms with E-state index >= 15 is 0 Å². The highest BCUT2D eigenvalue weighted by Crippen LogP contribution is 2.24. The standard InChI is InChI=1S/C9H13N3S/c1-7-8(5-6-10-2)13-9(11-7)12(3)4/h5-6H2,1,3-4H3. The second kappa shape index (κ2) is 4.24. The first kappa shape index (κ1) is 10.0. The molecule has 4 heteroatoms. The van der Waals surface area contributed by atoms with Crippen LogP contribution in [0.3, 0.4) is 0 Å². The number of aromatic nitrogens is 1. The SMILES string of the molecule is [C-]#[N+]CCc1sc(N(C)C)nc1C. The van der Waals surface area contributed by atoms with Crippen molar-refractivity contribution >= 4 is 16.5 Å². The molecule has 1 aromatic heterocycles. The molecule has 0 aromatic carbocycles. The Morgan fingerprint density at radius 1 is 1.54 bits per heavy atom. The average molecular weight is 195 g/mol. The molecule has 0 radical (unpaired) electrons. The van der Waals surface area contributed by atoms with Crippen molar-refractivity contribution < 1.29 is 0 Å². The molecule has 0 aliphatic rings. The van der Waals surface area contributed by atoms with Crippen LogP contribution in [-0.4, -0.2) is 25.6 Å². The molecule has 1 aromatic rings. The normalized spacial score (nSPS) is 9.69. The minimum Gasteiger partial charge on any atom is -0.354 e. The van der Waals surface area contributed by atoms with Crippen LogP contribution in [0, 0.1) is 13.5 Å². The molecule has 0 aliphatic heterocycles. The molecule has 0 saturated carbocycles. The van der Waals surface area contributed by atoms with E-state index in [4.69, 9.17) is 6.57 Å². The van der Waals surface area contributed by atoms with Gasteiger partial charge in [-0.2, -0.15) is 0 Å². The molecule has 0 spiro atoms. The van der Waals surface area contributed by atoms with E-state index in [-0.39, 0.29) is 0 Å². The van der Waals surface area contributed by atoms with E-state index in [1.54, 1.807) is 11.3 Å². The summed E-state index contributed by atoms with van der Waals surface area (Å²) in [4.78, 5) is 11.0. The van der Waals surface area contributed by atoms with Gasteiger partial charge in [0.1, 0.15) is 0 Å². The van der Waals surface area contributed by atoms with Crippen molar-refractivity contribution in [3.05, 3.63) is 22.0 Å². The quantitative estimate of drug-likeness (QED) is 0.687. The Morgan fingerprint density at radius 2 is 2.23 bits per heavy atom. The molecule has 13 heavy (non-hydrogen) atoms. The molecule has 1 rings (SSSR count). The zero-order valence-electron chi connectivity index (χ0n) is 8.16. The highest BCUT2D eigenvalue weighted by molar-refractivity contribution is 7.15. The summed E-state index contributed by atoms with van der Waals surface area (Å²) in [6, 6.07) is 0. The maximum atomic E-state index is 6.71. The summed E-state index contributed by atoms with van der Waals surface area (Å²) < 4.78 is 0. The van der Waals surface area contributed by atoms with Crippen molar-refractivity contribution in [3.63, 3.8) is 0 Å². The fourth-order valence-corrected chi connectivity index (χ4v) is 1.97. The summed E-state index contributed by atoms with van der Waals surface area (Å²) >= 11 is 1.68. The van der Waals surface area contributed by atoms with Gasteiger partial charge < -0.3 is 9.74 Å². The second-order valence-electron chi connectivity index (χ2n) is 3.03. The Hall–Kier alpha value is -1.08. The first-order chi connectivity index (χ1) is 6.15. The van der Waals surface area contributed by atoms with Crippen molar-refractivity contribution in [2.75, 3.05) is 25.5 Å². The molecule has 0 amide bonds. The van der Waals surface area contributed by atoms with E-state index in [0.29, 0.717) is 6.54 Å². The monoisotopic (exact) mass is 195 g/mol. The van der Waals surface area contributed by atoms with Gasteiger partial charge in [-0.05, 0) is 6.92 Å². The predicted octanol–water partition coefficient (Wildman–Crippen LogP) is 1.98. The fraction of sp³-hybridized carbons (Fsp3) is 0.556.